The predicted octanol–water partition coefficient (Wildman–Crippen LogP) is 0.870. The zero-order chi connectivity index (χ0) is 13.1. The van der Waals surface area contributed by atoms with Gasteiger partial charge < -0.3 is 10.1 Å². The molecule has 0 amide bonds. The summed E-state index contributed by atoms with van der Waals surface area (Å²) in [6.07, 6.45) is 4.38. The van der Waals surface area contributed by atoms with Gasteiger partial charge in [-0.1, -0.05) is 0 Å². The molecule has 2 heterocycles. The van der Waals surface area contributed by atoms with Crippen molar-refractivity contribution in [3.05, 3.63) is 28.8 Å². The molecule has 94 valence electrons. The number of nitrogens with zero attached hydrogens (tertiary/aromatic N) is 5. The summed E-state index contributed by atoms with van der Waals surface area (Å²) in [5.41, 5.74) is 0.269. The first kappa shape index (κ1) is 11.8. The summed E-state index contributed by atoms with van der Waals surface area (Å²) in [5.74, 6) is -0.0405. The van der Waals surface area contributed by atoms with Crippen molar-refractivity contribution in [1.29, 1.82) is 0 Å². The standard InChI is InChI=1S/C9H10N6O3/c1-14-4-6(3-12-14)13-8-7(15(16)17)9(18-2)11-5-10-8/h3-5H,1-2H3,(H,10,11,13). The lowest BCUT2D eigenvalue weighted by Gasteiger charge is -2.05. The number of aryl methyl sites for hydroxylation is 1. The summed E-state index contributed by atoms with van der Waals surface area (Å²) in [7, 11) is 3.04. The fraction of sp³-hybridized carbons (Fsp3) is 0.222. The van der Waals surface area contributed by atoms with E-state index in [4.69, 9.17) is 4.74 Å². The second-order valence-corrected chi connectivity index (χ2v) is 3.36. The van der Waals surface area contributed by atoms with E-state index >= 15 is 0 Å². The molecule has 2 aromatic heterocycles. The molecule has 0 aromatic carbocycles. The molecule has 2 rings (SSSR count). The van der Waals surface area contributed by atoms with E-state index in [2.05, 4.69) is 20.4 Å². The molecule has 0 aliphatic heterocycles. The number of ether oxygens (including phenoxy) is 1. The number of hydrogen-bond acceptors (Lipinski definition) is 7. The van der Waals surface area contributed by atoms with Gasteiger partial charge in [-0.25, -0.2) is 4.98 Å². The van der Waals surface area contributed by atoms with Gasteiger partial charge in [0.05, 0.1) is 23.9 Å². The van der Waals surface area contributed by atoms with E-state index in [0.29, 0.717) is 5.69 Å². The van der Waals surface area contributed by atoms with Gasteiger partial charge >= 0.3 is 5.69 Å². The van der Waals surface area contributed by atoms with E-state index < -0.39 is 4.92 Å². The Hall–Kier alpha value is -2.71. The quantitative estimate of drug-likeness (QED) is 0.633. The Balaban J connectivity index is 2.41. The summed E-state index contributed by atoms with van der Waals surface area (Å²) < 4.78 is 6.40. The molecule has 18 heavy (non-hydrogen) atoms. The number of aromatic nitrogens is 4. The zero-order valence-electron chi connectivity index (χ0n) is 9.69. The largest absolute Gasteiger partial charge is 0.476 e. The van der Waals surface area contributed by atoms with Crippen LogP contribution in [0.5, 0.6) is 5.88 Å². The molecule has 0 saturated carbocycles. The van der Waals surface area contributed by atoms with Crippen molar-refractivity contribution in [2.45, 2.75) is 0 Å². The highest BCUT2D eigenvalue weighted by Gasteiger charge is 2.24. The minimum atomic E-state index is -0.600. The van der Waals surface area contributed by atoms with Gasteiger partial charge in [0.2, 0.25) is 5.82 Å². The first-order valence-electron chi connectivity index (χ1n) is 4.91. The Labute approximate surface area is 102 Å². The van der Waals surface area contributed by atoms with Gasteiger partial charge in [-0.15, -0.1) is 0 Å². The maximum atomic E-state index is 11.0. The van der Waals surface area contributed by atoms with Crippen LogP contribution in [0, 0.1) is 10.1 Å². The van der Waals surface area contributed by atoms with Crippen LogP contribution in [0.15, 0.2) is 18.7 Å². The highest BCUT2D eigenvalue weighted by molar-refractivity contribution is 5.67. The third-order valence-electron chi connectivity index (χ3n) is 2.13. The first-order chi connectivity index (χ1) is 8.61. The van der Waals surface area contributed by atoms with Gasteiger partial charge in [0.25, 0.3) is 5.88 Å². The SMILES string of the molecule is COc1ncnc(Nc2cnn(C)c2)c1[N+](=O)[O-]. The lowest BCUT2D eigenvalue weighted by molar-refractivity contribution is -0.385. The summed E-state index contributed by atoms with van der Waals surface area (Å²) >= 11 is 0. The molecule has 0 atom stereocenters. The molecule has 0 radical (unpaired) electrons. The van der Waals surface area contributed by atoms with Crippen molar-refractivity contribution in [1.82, 2.24) is 19.7 Å². The minimum Gasteiger partial charge on any atom is -0.476 e. The lowest BCUT2D eigenvalue weighted by atomic mass is 10.4. The van der Waals surface area contributed by atoms with Crippen LogP contribution in [-0.4, -0.2) is 31.8 Å². The normalized spacial score (nSPS) is 10.1. The zero-order valence-corrected chi connectivity index (χ0v) is 9.69. The van der Waals surface area contributed by atoms with Crippen molar-refractivity contribution in [3.8, 4) is 5.88 Å². The first-order valence-corrected chi connectivity index (χ1v) is 4.91. The number of nitro groups is 1. The van der Waals surface area contributed by atoms with E-state index in [1.165, 1.54) is 19.6 Å². The van der Waals surface area contributed by atoms with Crippen LogP contribution < -0.4 is 10.1 Å². The fourth-order valence-corrected chi connectivity index (χ4v) is 1.39. The Morgan fingerprint density at radius 2 is 2.28 bits per heavy atom. The molecule has 0 spiro atoms. The molecule has 0 fully saturated rings. The maximum absolute atomic E-state index is 11.0. The lowest BCUT2D eigenvalue weighted by Crippen LogP contribution is -2.03. The summed E-state index contributed by atoms with van der Waals surface area (Å²) in [4.78, 5) is 17.9. The van der Waals surface area contributed by atoms with Crippen LogP contribution in [0.1, 0.15) is 0 Å². The van der Waals surface area contributed by atoms with Gasteiger partial charge in [-0.2, -0.15) is 10.1 Å². The summed E-state index contributed by atoms with van der Waals surface area (Å²) in [5, 5.41) is 17.7. The van der Waals surface area contributed by atoms with Gasteiger partial charge in [0.15, 0.2) is 0 Å². The predicted molar refractivity (Wildman–Crippen MR) is 61.7 cm³/mol. The topological polar surface area (TPSA) is 108 Å². The Kier molecular flexibility index (Phi) is 3.04. The van der Waals surface area contributed by atoms with Crippen molar-refractivity contribution in [2.24, 2.45) is 7.05 Å². The average Bonchev–Trinajstić information content (AvgIpc) is 2.74. The van der Waals surface area contributed by atoms with E-state index in [-0.39, 0.29) is 17.4 Å². The maximum Gasteiger partial charge on any atom is 0.373 e. The summed E-state index contributed by atoms with van der Waals surface area (Å²) in [6, 6.07) is 0. The number of nitrogens with one attached hydrogen (secondary N) is 1. The van der Waals surface area contributed by atoms with Gasteiger partial charge in [-0.3, -0.25) is 14.8 Å². The highest BCUT2D eigenvalue weighted by atomic mass is 16.6. The second-order valence-electron chi connectivity index (χ2n) is 3.36. The van der Waals surface area contributed by atoms with Crippen molar-refractivity contribution in [3.63, 3.8) is 0 Å². The van der Waals surface area contributed by atoms with E-state index in [1.54, 1.807) is 17.9 Å². The van der Waals surface area contributed by atoms with Crippen LogP contribution in [0.2, 0.25) is 0 Å². The molecule has 9 heteroatoms. The number of hydrogen-bond donors (Lipinski definition) is 1. The molecule has 0 saturated heterocycles. The Morgan fingerprint density at radius 3 is 2.83 bits per heavy atom. The third-order valence-corrected chi connectivity index (χ3v) is 2.13. The third kappa shape index (κ3) is 2.19. The number of methoxy groups -OCH3 is 1. The molecule has 9 nitrogen and oxygen atoms in total. The number of anilines is 2. The molecule has 0 aliphatic rings. The second kappa shape index (κ2) is 4.65. The Morgan fingerprint density at radius 1 is 1.50 bits per heavy atom. The average molecular weight is 250 g/mol. The molecular weight excluding hydrogens is 240 g/mol. The molecule has 2 aromatic rings. The van der Waals surface area contributed by atoms with Gasteiger partial charge in [0, 0.05) is 13.2 Å². The minimum absolute atomic E-state index is 0.0554. The van der Waals surface area contributed by atoms with Crippen molar-refractivity contribution >= 4 is 17.2 Å². The van der Waals surface area contributed by atoms with Crippen LogP contribution in [-0.2, 0) is 7.05 Å². The van der Waals surface area contributed by atoms with Crippen molar-refractivity contribution < 1.29 is 9.66 Å². The number of rotatable bonds is 4. The van der Waals surface area contributed by atoms with Gasteiger partial charge in [0.1, 0.15) is 6.33 Å². The van der Waals surface area contributed by atoms with Crippen LogP contribution in [0.4, 0.5) is 17.2 Å². The van der Waals surface area contributed by atoms with Gasteiger partial charge in [-0.05, 0) is 0 Å². The van der Waals surface area contributed by atoms with Crippen molar-refractivity contribution in [2.75, 3.05) is 12.4 Å². The molecule has 0 unspecified atom stereocenters. The smallest absolute Gasteiger partial charge is 0.373 e. The highest BCUT2D eigenvalue weighted by Crippen LogP contribution is 2.32. The monoisotopic (exact) mass is 250 g/mol. The van der Waals surface area contributed by atoms with Crippen LogP contribution >= 0.6 is 0 Å². The molecular formula is C9H10N6O3. The Bertz CT molecular complexity index is 581. The van der Waals surface area contributed by atoms with Crippen LogP contribution in [0.25, 0.3) is 0 Å². The van der Waals surface area contributed by atoms with E-state index in [9.17, 15) is 10.1 Å². The van der Waals surface area contributed by atoms with Crippen LogP contribution in [0.3, 0.4) is 0 Å². The molecule has 0 bridgehead atoms. The van der Waals surface area contributed by atoms with E-state index in [0.717, 1.165) is 0 Å². The molecule has 0 aliphatic carbocycles. The molecule has 1 N–H and O–H groups in total. The fourth-order valence-electron chi connectivity index (χ4n) is 1.39. The van der Waals surface area contributed by atoms with E-state index in [1.807, 2.05) is 0 Å². The summed E-state index contributed by atoms with van der Waals surface area (Å²) in [6.45, 7) is 0.